The molecule has 0 radical (unpaired) electrons. The first-order chi connectivity index (χ1) is 33.2. The molecule has 5 atom stereocenters. The molecule has 2 amide bonds. The lowest BCUT2D eigenvalue weighted by Gasteiger charge is -2.45. The average Bonchev–Trinajstić information content (AvgIpc) is 4.00. The number of morpholine rings is 1. The molecule has 5 aliphatic heterocycles. The zero-order chi connectivity index (χ0) is 48.5. The van der Waals surface area contributed by atoms with Crippen LogP contribution in [0.15, 0.2) is 110 Å². The molecule has 70 heavy (non-hydrogen) atoms. The number of cyclic esters (lactones) is 1. The number of esters is 2. The third-order valence-corrected chi connectivity index (χ3v) is 14.6. The number of piperazine rings is 1. The summed E-state index contributed by atoms with van der Waals surface area (Å²) in [6.07, 6.45) is 5.05. The monoisotopic (exact) mass is 1040 g/mol. The van der Waals surface area contributed by atoms with E-state index in [1.54, 1.807) is 17.0 Å². The SMILES string of the molecule is C=CC(=O)Nc1cc2c(Nc3ccc(F)c(Cl)c3)ncnc2cc1OCCN1CCN(C(=O)[C@@H]2CCC(=O)O2)CC1.CC(C(=O)OC1CC2[C@@H]3O[C@H]3C(C1)[N+]2(C)C)(c1ccccc1)c1ccccc1.[Br-]. The summed E-state index contributed by atoms with van der Waals surface area (Å²) < 4.78 is 37.8. The van der Waals surface area contributed by atoms with Crippen LogP contribution in [0.3, 0.4) is 0 Å². The molecular formula is C52H56BrClFN7O8. The maximum absolute atomic E-state index is 13.6. The van der Waals surface area contributed by atoms with Crippen molar-refractivity contribution >= 4 is 63.4 Å². The first-order valence-electron chi connectivity index (χ1n) is 23.3. The molecule has 5 fully saturated rings. The Morgan fingerprint density at radius 3 is 2.20 bits per heavy atom. The number of amides is 2. The predicted octanol–water partition coefficient (Wildman–Crippen LogP) is 3.82. The van der Waals surface area contributed by atoms with Crippen molar-refractivity contribution in [3.8, 4) is 5.75 Å². The van der Waals surface area contributed by atoms with Gasteiger partial charge in [0.15, 0.2) is 6.10 Å². The molecule has 2 bridgehead atoms. The molecule has 0 spiro atoms. The normalized spacial score (nSPS) is 23.1. The van der Waals surface area contributed by atoms with Crippen LogP contribution in [0.2, 0.25) is 5.02 Å². The Morgan fingerprint density at radius 2 is 1.60 bits per heavy atom. The Bertz CT molecular complexity index is 2690. The number of hydrogen-bond donors (Lipinski definition) is 2. The highest BCUT2D eigenvalue weighted by atomic mass is 79.9. The van der Waals surface area contributed by atoms with Crippen LogP contribution in [0.1, 0.15) is 43.7 Å². The van der Waals surface area contributed by atoms with Crippen molar-refractivity contribution in [3.05, 3.63) is 132 Å². The van der Waals surface area contributed by atoms with Crippen molar-refractivity contribution in [2.75, 3.05) is 64.1 Å². The molecule has 5 saturated heterocycles. The molecule has 4 aromatic carbocycles. The van der Waals surface area contributed by atoms with Gasteiger partial charge in [0.1, 0.15) is 66.1 Å². The van der Waals surface area contributed by atoms with Crippen molar-refractivity contribution < 1.29 is 64.0 Å². The van der Waals surface area contributed by atoms with Crippen molar-refractivity contribution in [2.45, 2.75) is 74.5 Å². The number of aromatic nitrogens is 2. The average molecular weight is 1040 g/mol. The van der Waals surface area contributed by atoms with Crippen LogP contribution in [0.25, 0.3) is 10.9 Å². The molecule has 1 aromatic heterocycles. The largest absolute Gasteiger partial charge is 1.00 e. The Morgan fingerprint density at radius 1 is 0.943 bits per heavy atom. The van der Waals surface area contributed by atoms with Gasteiger partial charge in [0, 0.05) is 75.5 Å². The van der Waals surface area contributed by atoms with Crippen molar-refractivity contribution in [3.63, 3.8) is 0 Å². The van der Waals surface area contributed by atoms with Gasteiger partial charge in [-0.15, -0.1) is 0 Å². The number of quaternary nitrogens is 1. The number of halogens is 3. The van der Waals surface area contributed by atoms with Gasteiger partial charge in [-0.05, 0) is 48.4 Å². The van der Waals surface area contributed by atoms with E-state index in [-0.39, 0.29) is 52.4 Å². The molecule has 10 rings (SSSR count). The van der Waals surface area contributed by atoms with E-state index in [0.717, 1.165) is 34.5 Å². The van der Waals surface area contributed by atoms with Crippen molar-refractivity contribution in [1.82, 2.24) is 19.8 Å². The highest BCUT2D eigenvalue weighted by molar-refractivity contribution is 6.31. The fourth-order valence-electron chi connectivity index (χ4n) is 10.2. The van der Waals surface area contributed by atoms with Crippen LogP contribution in [0, 0.1) is 5.82 Å². The minimum atomic E-state index is -0.817. The Kier molecular flexibility index (Phi) is 15.2. The van der Waals surface area contributed by atoms with Gasteiger partial charge in [-0.25, -0.2) is 14.4 Å². The van der Waals surface area contributed by atoms with Gasteiger partial charge in [0.25, 0.3) is 5.91 Å². The Hall–Kier alpha value is -5.98. The summed E-state index contributed by atoms with van der Waals surface area (Å²) in [6, 6.07) is 28.4. The fraction of sp³-hybridized carbons (Fsp3) is 0.385. The van der Waals surface area contributed by atoms with E-state index in [1.165, 1.54) is 24.5 Å². The van der Waals surface area contributed by atoms with Gasteiger partial charge in [-0.2, -0.15) is 0 Å². The maximum atomic E-state index is 13.6. The number of rotatable bonds is 13. The third kappa shape index (κ3) is 10.5. The van der Waals surface area contributed by atoms with Gasteiger partial charge in [-0.1, -0.05) is 78.8 Å². The van der Waals surface area contributed by atoms with Crippen LogP contribution < -0.4 is 32.4 Å². The van der Waals surface area contributed by atoms with Gasteiger partial charge >= 0.3 is 11.9 Å². The van der Waals surface area contributed by atoms with Crippen LogP contribution >= 0.6 is 11.6 Å². The molecule has 2 N–H and O–H groups in total. The Balaban J connectivity index is 0.000000198. The van der Waals surface area contributed by atoms with Crippen molar-refractivity contribution in [2.24, 2.45) is 0 Å². The molecule has 15 nitrogen and oxygen atoms in total. The lowest BCUT2D eigenvalue weighted by Crippen LogP contribution is -3.00. The van der Waals surface area contributed by atoms with Crippen LogP contribution in [-0.4, -0.2) is 138 Å². The zero-order valence-corrected chi connectivity index (χ0v) is 41.5. The number of carbonyl (C=O) groups is 4. The molecular weight excluding hydrogens is 985 g/mol. The number of anilines is 3. The highest BCUT2D eigenvalue weighted by Crippen LogP contribution is 2.52. The second-order valence-corrected chi connectivity index (χ2v) is 19.2. The van der Waals surface area contributed by atoms with Gasteiger partial charge in [0.2, 0.25) is 5.91 Å². The fourth-order valence-corrected chi connectivity index (χ4v) is 10.4. The minimum absolute atomic E-state index is 0. The summed E-state index contributed by atoms with van der Waals surface area (Å²) in [5.41, 5.74) is 2.60. The smallest absolute Gasteiger partial charge is 0.321 e. The molecule has 6 heterocycles. The standard InChI is InChI=1S/C28H28ClFN6O5.C24H28NO3.BrH/c1-2-25(37)34-22-14-18-21(31-16-32-27(18)33-17-3-4-20(30)19(29)13-17)15-24(22)40-12-11-35-7-9-36(10-8-35)28(39)23-5-6-26(38)41-23;1-24(16-10-6-4-7-11-16,17-12-8-5-9-13-17)23(26)27-18-14-19-21-22(28-21)20(15-18)25(19,2)3;/h2-4,13-16,23H,1,5-12H2,(H,34,37)(H,31,32,33);4-13,18-22H,14-15H2,1-3H3;1H/q;+1;/p-1/t23-;18?,19?,20?,21-,22-;/m00./s1. The number of benzene rings is 4. The number of likely N-dealkylation sites (N-methyl/N-ethyl adjacent to an activating group) is 1. The summed E-state index contributed by atoms with van der Waals surface area (Å²) >= 11 is 5.92. The Labute approximate surface area is 421 Å². The van der Waals surface area contributed by atoms with E-state index < -0.39 is 23.2 Å². The topological polar surface area (TPSA) is 165 Å². The third-order valence-electron chi connectivity index (χ3n) is 14.3. The van der Waals surface area contributed by atoms with Crippen LogP contribution in [-0.2, 0) is 38.8 Å². The van der Waals surface area contributed by atoms with Crippen LogP contribution in [0.4, 0.5) is 21.6 Å². The number of carbonyl (C=O) groups excluding carboxylic acids is 4. The van der Waals surface area contributed by atoms with E-state index in [1.807, 2.05) is 67.6 Å². The molecule has 368 valence electrons. The van der Waals surface area contributed by atoms with Gasteiger partial charge in [0.05, 0.1) is 30.3 Å². The first kappa shape index (κ1) is 50.4. The van der Waals surface area contributed by atoms with E-state index >= 15 is 0 Å². The van der Waals surface area contributed by atoms with E-state index in [0.29, 0.717) is 104 Å². The number of nitrogens with zero attached hydrogens (tertiary/aromatic N) is 5. The predicted molar refractivity (Wildman–Crippen MR) is 257 cm³/mol. The number of hydrogen-bond acceptors (Lipinski definition) is 12. The lowest BCUT2D eigenvalue weighted by molar-refractivity contribution is -0.938. The van der Waals surface area contributed by atoms with Gasteiger partial charge in [-0.3, -0.25) is 24.1 Å². The summed E-state index contributed by atoms with van der Waals surface area (Å²) in [6.45, 7) is 8.80. The number of nitrogens with one attached hydrogen (secondary N) is 2. The molecule has 5 aromatic rings. The zero-order valence-electron chi connectivity index (χ0n) is 39.2. The summed E-state index contributed by atoms with van der Waals surface area (Å²) in [5.74, 6) is -0.724. The number of fused-ring (bicyclic) bond motifs is 6. The molecule has 18 heteroatoms. The van der Waals surface area contributed by atoms with E-state index in [2.05, 4.69) is 46.2 Å². The quantitative estimate of drug-likeness (QED) is 0.0760. The number of ether oxygens (including phenoxy) is 4. The summed E-state index contributed by atoms with van der Waals surface area (Å²) in [5, 5.41) is 6.44. The molecule has 0 aliphatic carbocycles. The van der Waals surface area contributed by atoms with Crippen LogP contribution in [0.5, 0.6) is 5.75 Å². The summed E-state index contributed by atoms with van der Waals surface area (Å²) in [4.78, 5) is 62.2. The van der Waals surface area contributed by atoms with Gasteiger partial charge < -0.3 is 55.9 Å². The number of piperidine rings is 1. The lowest BCUT2D eigenvalue weighted by atomic mass is 9.76. The second kappa shape index (κ2) is 21.2. The molecule has 2 unspecified atom stereocenters. The van der Waals surface area contributed by atoms with E-state index in [9.17, 15) is 23.6 Å². The second-order valence-electron chi connectivity index (χ2n) is 18.8. The first-order valence-corrected chi connectivity index (χ1v) is 23.7. The molecule has 0 saturated carbocycles. The maximum Gasteiger partial charge on any atom is 0.321 e. The molecule has 5 aliphatic rings. The number of epoxide rings is 1. The van der Waals surface area contributed by atoms with Crippen molar-refractivity contribution in [1.29, 1.82) is 0 Å². The minimum Gasteiger partial charge on any atom is -1.00 e. The summed E-state index contributed by atoms with van der Waals surface area (Å²) in [7, 11) is 4.59. The van der Waals surface area contributed by atoms with E-state index in [4.69, 9.17) is 30.5 Å². The highest BCUT2D eigenvalue weighted by Gasteiger charge is 2.71.